The lowest BCUT2D eigenvalue weighted by Crippen LogP contribution is -2.16. The molecule has 0 radical (unpaired) electrons. The number of thioether (sulfide) groups is 1. The van der Waals surface area contributed by atoms with Crippen LogP contribution in [0.5, 0.6) is 0 Å². The second kappa shape index (κ2) is 5.12. The molecule has 0 saturated carbocycles. The number of ether oxygens (including phenoxy) is 1. The molecule has 8 heteroatoms. The highest BCUT2D eigenvalue weighted by molar-refractivity contribution is 8.00. The van der Waals surface area contributed by atoms with E-state index in [0.717, 1.165) is 0 Å². The van der Waals surface area contributed by atoms with Crippen molar-refractivity contribution in [1.82, 2.24) is 14.9 Å². The fourth-order valence-electron chi connectivity index (χ4n) is 1.90. The van der Waals surface area contributed by atoms with Gasteiger partial charge >= 0.3 is 5.97 Å². The molecule has 2 heterocycles. The number of cyclic esters (lactones) is 1. The molecule has 0 spiro atoms. The van der Waals surface area contributed by atoms with Gasteiger partial charge in [0.25, 0.3) is 0 Å². The Morgan fingerprint density at radius 3 is 2.90 bits per heavy atom. The molecule has 0 bridgehead atoms. The standard InChI is InChI=1S/C12H11FN4O2S/c13-8-4-2-1-3-7(8)10-15-16-12(17(10)14)20-9-5-6-19-11(9)18/h1-4,9H,5-6,14H2/t9-/m1/s1. The average molecular weight is 294 g/mol. The summed E-state index contributed by atoms with van der Waals surface area (Å²) in [5.74, 6) is 5.39. The first-order valence-electron chi connectivity index (χ1n) is 5.95. The topological polar surface area (TPSA) is 83.0 Å². The number of hydrogen-bond acceptors (Lipinski definition) is 6. The first-order valence-corrected chi connectivity index (χ1v) is 6.83. The van der Waals surface area contributed by atoms with Crippen molar-refractivity contribution in [1.29, 1.82) is 0 Å². The van der Waals surface area contributed by atoms with E-state index >= 15 is 0 Å². The predicted molar refractivity (Wildman–Crippen MR) is 70.8 cm³/mol. The van der Waals surface area contributed by atoms with E-state index in [-0.39, 0.29) is 22.6 Å². The molecule has 104 valence electrons. The van der Waals surface area contributed by atoms with Gasteiger partial charge in [0.1, 0.15) is 11.1 Å². The molecule has 1 aromatic heterocycles. The van der Waals surface area contributed by atoms with E-state index < -0.39 is 5.82 Å². The van der Waals surface area contributed by atoms with Crippen LogP contribution in [0.2, 0.25) is 0 Å². The van der Waals surface area contributed by atoms with E-state index in [2.05, 4.69) is 10.2 Å². The lowest BCUT2D eigenvalue weighted by Gasteiger charge is -2.06. The molecule has 2 aromatic rings. The molecule has 0 unspecified atom stereocenters. The normalized spacial score (nSPS) is 18.2. The third-order valence-corrected chi connectivity index (χ3v) is 4.12. The van der Waals surface area contributed by atoms with Crippen molar-refractivity contribution >= 4 is 17.7 Å². The number of aromatic nitrogens is 3. The maximum absolute atomic E-state index is 13.7. The molecule has 1 aliphatic rings. The fourth-order valence-corrected chi connectivity index (χ4v) is 2.82. The van der Waals surface area contributed by atoms with Crippen LogP contribution in [0.15, 0.2) is 29.4 Å². The quantitative estimate of drug-likeness (QED) is 0.676. The van der Waals surface area contributed by atoms with Crippen molar-refractivity contribution in [3.63, 3.8) is 0 Å². The van der Waals surface area contributed by atoms with Crippen LogP contribution in [0.25, 0.3) is 11.4 Å². The van der Waals surface area contributed by atoms with Crippen molar-refractivity contribution in [3.05, 3.63) is 30.1 Å². The molecule has 1 fully saturated rings. The van der Waals surface area contributed by atoms with Crippen molar-refractivity contribution in [2.75, 3.05) is 12.4 Å². The second-order valence-electron chi connectivity index (χ2n) is 4.22. The Labute approximate surface area is 118 Å². The number of nitrogen functional groups attached to an aromatic ring is 1. The molecular weight excluding hydrogens is 283 g/mol. The number of esters is 1. The molecular formula is C12H11FN4O2S. The highest BCUT2D eigenvalue weighted by Gasteiger charge is 2.30. The van der Waals surface area contributed by atoms with Gasteiger partial charge in [-0.3, -0.25) is 4.79 Å². The summed E-state index contributed by atoms with van der Waals surface area (Å²) in [6.07, 6.45) is 0.603. The molecule has 20 heavy (non-hydrogen) atoms. The van der Waals surface area contributed by atoms with Crippen molar-refractivity contribution < 1.29 is 13.9 Å². The van der Waals surface area contributed by atoms with E-state index in [1.807, 2.05) is 0 Å². The molecule has 1 aromatic carbocycles. The van der Waals surface area contributed by atoms with E-state index in [1.54, 1.807) is 18.2 Å². The van der Waals surface area contributed by atoms with Gasteiger partial charge < -0.3 is 10.6 Å². The van der Waals surface area contributed by atoms with Gasteiger partial charge in [-0.15, -0.1) is 10.2 Å². The third kappa shape index (κ3) is 2.22. The van der Waals surface area contributed by atoms with Gasteiger partial charge in [-0.25, -0.2) is 9.07 Å². The highest BCUT2D eigenvalue weighted by atomic mass is 32.2. The Hall–Kier alpha value is -2.09. The van der Waals surface area contributed by atoms with E-state index in [9.17, 15) is 9.18 Å². The minimum absolute atomic E-state index is 0.219. The third-order valence-electron chi connectivity index (χ3n) is 2.91. The Morgan fingerprint density at radius 2 is 2.20 bits per heavy atom. The minimum Gasteiger partial charge on any atom is -0.465 e. The van der Waals surface area contributed by atoms with Crippen LogP contribution in [0.1, 0.15) is 6.42 Å². The Kier molecular flexibility index (Phi) is 3.31. The van der Waals surface area contributed by atoms with Gasteiger partial charge in [0.05, 0.1) is 12.2 Å². The maximum Gasteiger partial charge on any atom is 0.319 e. The molecule has 2 N–H and O–H groups in total. The lowest BCUT2D eigenvalue weighted by molar-refractivity contribution is -0.137. The second-order valence-corrected chi connectivity index (χ2v) is 5.39. The molecule has 0 amide bonds. The number of carbonyl (C=O) groups excluding carboxylic acids is 1. The van der Waals surface area contributed by atoms with Crippen molar-refractivity contribution in [2.24, 2.45) is 0 Å². The van der Waals surface area contributed by atoms with E-state index in [1.165, 1.54) is 22.5 Å². The van der Waals surface area contributed by atoms with Crippen LogP contribution in [-0.4, -0.2) is 32.7 Å². The number of carbonyl (C=O) groups is 1. The average Bonchev–Trinajstić information content (AvgIpc) is 2.99. The first kappa shape index (κ1) is 12.9. The number of halogens is 1. The van der Waals surface area contributed by atoms with Crippen LogP contribution >= 0.6 is 11.8 Å². The van der Waals surface area contributed by atoms with E-state index in [0.29, 0.717) is 18.2 Å². The summed E-state index contributed by atoms with van der Waals surface area (Å²) in [5.41, 5.74) is 0.267. The smallest absolute Gasteiger partial charge is 0.319 e. The van der Waals surface area contributed by atoms with Gasteiger partial charge in [0, 0.05) is 6.42 Å². The highest BCUT2D eigenvalue weighted by Crippen LogP contribution is 2.30. The molecule has 1 aliphatic heterocycles. The van der Waals surface area contributed by atoms with Crippen molar-refractivity contribution in [3.8, 4) is 11.4 Å². The molecule has 3 rings (SSSR count). The summed E-state index contributed by atoms with van der Waals surface area (Å²) in [4.78, 5) is 11.4. The summed E-state index contributed by atoms with van der Waals surface area (Å²) in [6.45, 7) is 0.398. The monoisotopic (exact) mass is 294 g/mol. The zero-order chi connectivity index (χ0) is 14.1. The number of benzene rings is 1. The van der Waals surface area contributed by atoms with Crippen LogP contribution in [0, 0.1) is 5.82 Å². The zero-order valence-electron chi connectivity index (χ0n) is 10.3. The van der Waals surface area contributed by atoms with Gasteiger partial charge in [-0.1, -0.05) is 23.9 Å². The van der Waals surface area contributed by atoms with Gasteiger partial charge in [0.15, 0.2) is 5.82 Å². The van der Waals surface area contributed by atoms with Crippen LogP contribution in [0.3, 0.4) is 0 Å². The Morgan fingerprint density at radius 1 is 1.40 bits per heavy atom. The maximum atomic E-state index is 13.7. The SMILES string of the molecule is Nn1c(S[C@@H]2CCOC2=O)nnc1-c1ccccc1F. The summed E-state index contributed by atoms with van der Waals surface area (Å²) in [7, 11) is 0. The van der Waals surface area contributed by atoms with Crippen LogP contribution in [0.4, 0.5) is 4.39 Å². The Bertz CT molecular complexity index is 661. The molecule has 1 atom stereocenters. The van der Waals surface area contributed by atoms with E-state index in [4.69, 9.17) is 10.6 Å². The number of rotatable bonds is 3. The summed E-state index contributed by atoms with van der Waals surface area (Å²) >= 11 is 1.17. The summed E-state index contributed by atoms with van der Waals surface area (Å²) < 4.78 is 19.8. The summed E-state index contributed by atoms with van der Waals surface area (Å²) in [5, 5.41) is 7.81. The number of nitrogens with zero attached hydrogens (tertiary/aromatic N) is 3. The number of nitrogens with two attached hydrogens (primary N) is 1. The zero-order valence-corrected chi connectivity index (χ0v) is 11.1. The van der Waals surface area contributed by atoms with Crippen LogP contribution < -0.4 is 5.84 Å². The largest absolute Gasteiger partial charge is 0.465 e. The van der Waals surface area contributed by atoms with Gasteiger partial charge in [0.2, 0.25) is 5.16 Å². The fraction of sp³-hybridized carbons (Fsp3) is 0.250. The van der Waals surface area contributed by atoms with Gasteiger partial charge in [-0.2, -0.15) is 0 Å². The Balaban J connectivity index is 1.89. The molecule has 0 aliphatic carbocycles. The molecule has 1 saturated heterocycles. The molecule has 6 nitrogen and oxygen atoms in total. The summed E-state index contributed by atoms with van der Waals surface area (Å²) in [6, 6.07) is 6.17. The number of hydrogen-bond donors (Lipinski definition) is 1. The van der Waals surface area contributed by atoms with Crippen molar-refractivity contribution in [2.45, 2.75) is 16.8 Å². The van der Waals surface area contributed by atoms with Crippen LogP contribution in [-0.2, 0) is 9.53 Å². The first-order chi connectivity index (χ1) is 9.66. The lowest BCUT2D eigenvalue weighted by atomic mass is 10.2. The van der Waals surface area contributed by atoms with Gasteiger partial charge in [-0.05, 0) is 12.1 Å². The predicted octanol–water partition coefficient (Wildman–Crippen LogP) is 1.21. The minimum atomic E-state index is -0.427.